The average Bonchev–Trinajstić information content (AvgIpc) is 2.41. The highest BCUT2D eigenvalue weighted by Gasteiger charge is 2.27. The van der Waals surface area contributed by atoms with Gasteiger partial charge in [-0.05, 0) is 32.4 Å². The molecule has 1 aromatic carbocycles. The molecule has 0 aliphatic carbocycles. The number of hydrogen-bond donors (Lipinski definition) is 1. The fraction of sp³-hybridized carbons (Fsp3) is 0.429. The molecule has 0 heterocycles. The van der Waals surface area contributed by atoms with Gasteiger partial charge in [-0.2, -0.15) is 5.26 Å². The number of benzene rings is 1. The smallest absolute Gasteiger partial charge is 0.262 e. The van der Waals surface area contributed by atoms with Gasteiger partial charge in [0.2, 0.25) is 0 Å². The van der Waals surface area contributed by atoms with Crippen molar-refractivity contribution in [2.24, 2.45) is 0 Å². The van der Waals surface area contributed by atoms with Gasteiger partial charge in [0, 0.05) is 0 Å². The zero-order valence-electron chi connectivity index (χ0n) is 11.2. The summed E-state index contributed by atoms with van der Waals surface area (Å²) in [4.78, 5) is 12.0. The molecule has 5 heteroatoms. The number of nitrogens with zero attached hydrogens (tertiary/aromatic N) is 1. The van der Waals surface area contributed by atoms with Crippen LogP contribution < -0.4 is 10.1 Å². The summed E-state index contributed by atoms with van der Waals surface area (Å²) in [6, 6.07) is 9.01. The first-order valence-electron chi connectivity index (χ1n) is 6.06. The van der Waals surface area contributed by atoms with E-state index in [-0.39, 0.29) is 5.91 Å². The number of amides is 1. The zero-order valence-corrected chi connectivity index (χ0v) is 12.0. The topological polar surface area (TPSA) is 62.1 Å². The number of nitriles is 1. The number of halogens is 1. The van der Waals surface area contributed by atoms with Crippen molar-refractivity contribution in [3.05, 3.63) is 29.3 Å². The van der Waals surface area contributed by atoms with Crippen LogP contribution in [0.2, 0.25) is 5.02 Å². The van der Waals surface area contributed by atoms with Crippen molar-refractivity contribution < 1.29 is 9.53 Å². The quantitative estimate of drug-likeness (QED) is 0.902. The van der Waals surface area contributed by atoms with Gasteiger partial charge in [-0.1, -0.05) is 30.7 Å². The van der Waals surface area contributed by atoms with Crippen LogP contribution in [-0.2, 0) is 4.79 Å². The van der Waals surface area contributed by atoms with Crippen LogP contribution in [0, 0.1) is 11.3 Å². The molecule has 0 fully saturated rings. The fourth-order valence-electron chi connectivity index (χ4n) is 1.35. The van der Waals surface area contributed by atoms with Crippen molar-refractivity contribution in [2.75, 3.05) is 0 Å². The molecular weight excluding hydrogens is 264 g/mol. The van der Waals surface area contributed by atoms with E-state index in [1.54, 1.807) is 38.1 Å². The monoisotopic (exact) mass is 280 g/mol. The van der Waals surface area contributed by atoms with Crippen LogP contribution >= 0.6 is 11.6 Å². The Morgan fingerprint density at radius 1 is 1.58 bits per heavy atom. The molecule has 0 unspecified atom stereocenters. The Morgan fingerprint density at radius 3 is 2.74 bits per heavy atom. The highest BCUT2D eigenvalue weighted by atomic mass is 35.5. The van der Waals surface area contributed by atoms with Gasteiger partial charge < -0.3 is 10.1 Å². The van der Waals surface area contributed by atoms with Crippen LogP contribution in [0.5, 0.6) is 5.75 Å². The Morgan fingerprint density at radius 2 is 2.21 bits per heavy atom. The summed E-state index contributed by atoms with van der Waals surface area (Å²) >= 11 is 5.95. The van der Waals surface area contributed by atoms with Crippen LogP contribution in [0.25, 0.3) is 0 Å². The van der Waals surface area contributed by atoms with Gasteiger partial charge in [0.25, 0.3) is 5.91 Å². The maximum atomic E-state index is 12.0. The van der Waals surface area contributed by atoms with Crippen LogP contribution in [0.4, 0.5) is 0 Å². The molecule has 0 spiro atoms. The van der Waals surface area contributed by atoms with E-state index in [4.69, 9.17) is 21.6 Å². The van der Waals surface area contributed by atoms with Crippen molar-refractivity contribution in [1.82, 2.24) is 5.32 Å². The van der Waals surface area contributed by atoms with E-state index in [1.807, 2.05) is 6.92 Å². The Balaban J connectivity index is 2.69. The molecule has 1 N–H and O–H groups in total. The Labute approximate surface area is 118 Å². The largest absolute Gasteiger partial charge is 0.479 e. The van der Waals surface area contributed by atoms with E-state index >= 15 is 0 Å². The zero-order chi connectivity index (χ0) is 14.5. The number of carbonyl (C=O) groups is 1. The summed E-state index contributed by atoms with van der Waals surface area (Å²) in [7, 11) is 0. The predicted octanol–water partition coefficient (Wildman–Crippen LogP) is 2.92. The number of para-hydroxylation sites is 1. The molecule has 0 saturated carbocycles. The maximum absolute atomic E-state index is 12.0. The second-order valence-electron chi connectivity index (χ2n) is 4.48. The highest BCUT2D eigenvalue weighted by molar-refractivity contribution is 6.32. The minimum absolute atomic E-state index is 0.342. The van der Waals surface area contributed by atoms with Crippen LogP contribution in [0.3, 0.4) is 0 Å². The molecule has 19 heavy (non-hydrogen) atoms. The molecule has 4 nitrogen and oxygen atoms in total. The second-order valence-corrected chi connectivity index (χ2v) is 4.88. The van der Waals surface area contributed by atoms with E-state index in [2.05, 4.69) is 11.4 Å². The molecule has 0 aromatic heterocycles. The highest BCUT2D eigenvalue weighted by Crippen LogP contribution is 2.24. The second kappa shape index (κ2) is 6.44. The summed E-state index contributed by atoms with van der Waals surface area (Å²) in [6.07, 6.45) is -0.201. The third kappa shape index (κ3) is 4.15. The Hall–Kier alpha value is -1.73. The molecule has 0 aliphatic rings. The predicted molar refractivity (Wildman–Crippen MR) is 74.0 cm³/mol. The normalized spacial score (nSPS) is 14.9. The van der Waals surface area contributed by atoms with E-state index in [0.717, 1.165) is 0 Å². The van der Waals surface area contributed by atoms with Crippen molar-refractivity contribution in [3.8, 4) is 11.8 Å². The summed E-state index contributed by atoms with van der Waals surface area (Å²) in [5.74, 6) is 0.104. The molecule has 1 rings (SSSR count). The molecule has 2 atom stereocenters. The average molecular weight is 281 g/mol. The van der Waals surface area contributed by atoms with E-state index in [9.17, 15) is 4.79 Å². The standard InChI is InChI=1S/C14H17ClN2O2/c1-4-14(3,9-16)17-13(18)10(2)19-12-8-6-5-7-11(12)15/h5-8,10H,4H2,1-3H3,(H,17,18)/t10-,14+/m0/s1. The van der Waals surface area contributed by atoms with Gasteiger partial charge in [0.05, 0.1) is 11.1 Å². The van der Waals surface area contributed by atoms with Crippen molar-refractivity contribution in [3.63, 3.8) is 0 Å². The molecule has 0 radical (unpaired) electrons. The number of hydrogen-bond acceptors (Lipinski definition) is 3. The van der Waals surface area contributed by atoms with Gasteiger partial charge in [-0.15, -0.1) is 0 Å². The summed E-state index contributed by atoms with van der Waals surface area (Å²) in [5.41, 5.74) is -0.880. The Kier molecular flexibility index (Phi) is 5.20. The van der Waals surface area contributed by atoms with Crippen molar-refractivity contribution in [1.29, 1.82) is 5.26 Å². The van der Waals surface area contributed by atoms with Crippen molar-refractivity contribution >= 4 is 17.5 Å². The minimum Gasteiger partial charge on any atom is -0.479 e. The first-order chi connectivity index (χ1) is 8.91. The van der Waals surface area contributed by atoms with Crippen LogP contribution in [-0.4, -0.2) is 17.6 Å². The number of nitrogens with one attached hydrogen (secondary N) is 1. The van der Waals surface area contributed by atoms with Gasteiger partial charge >= 0.3 is 0 Å². The number of ether oxygens (including phenoxy) is 1. The molecular formula is C14H17ClN2O2. The van der Waals surface area contributed by atoms with Crippen LogP contribution in [0.1, 0.15) is 27.2 Å². The molecule has 0 bridgehead atoms. The van der Waals surface area contributed by atoms with Gasteiger partial charge in [-0.3, -0.25) is 4.79 Å². The lowest BCUT2D eigenvalue weighted by molar-refractivity contribution is -0.128. The van der Waals surface area contributed by atoms with E-state index in [0.29, 0.717) is 17.2 Å². The lowest BCUT2D eigenvalue weighted by atomic mass is 10.0. The first-order valence-corrected chi connectivity index (χ1v) is 6.44. The van der Waals surface area contributed by atoms with E-state index in [1.165, 1.54) is 0 Å². The molecule has 0 saturated heterocycles. The van der Waals surface area contributed by atoms with Gasteiger partial charge in [0.15, 0.2) is 6.10 Å². The SMILES string of the molecule is CC[C@](C)(C#N)NC(=O)[C@H](C)Oc1ccccc1Cl. The third-order valence-electron chi connectivity index (χ3n) is 2.86. The van der Waals surface area contributed by atoms with E-state index < -0.39 is 11.6 Å². The third-order valence-corrected chi connectivity index (χ3v) is 3.17. The lowest BCUT2D eigenvalue weighted by Crippen LogP contribution is -2.49. The fourth-order valence-corrected chi connectivity index (χ4v) is 1.53. The summed E-state index contributed by atoms with van der Waals surface area (Å²) in [6.45, 7) is 5.13. The number of rotatable bonds is 5. The molecule has 0 aliphatic heterocycles. The minimum atomic E-state index is -0.880. The lowest BCUT2D eigenvalue weighted by Gasteiger charge is -2.24. The van der Waals surface area contributed by atoms with Gasteiger partial charge in [0.1, 0.15) is 11.3 Å². The molecule has 1 amide bonds. The van der Waals surface area contributed by atoms with Crippen molar-refractivity contribution in [2.45, 2.75) is 38.8 Å². The summed E-state index contributed by atoms with van der Waals surface area (Å²) < 4.78 is 5.49. The first kappa shape index (κ1) is 15.3. The van der Waals surface area contributed by atoms with Gasteiger partial charge in [-0.25, -0.2) is 0 Å². The number of carbonyl (C=O) groups excluding carboxylic acids is 1. The summed E-state index contributed by atoms with van der Waals surface area (Å²) in [5, 5.41) is 12.1. The molecule has 1 aromatic rings. The Bertz CT molecular complexity index is 498. The molecule has 102 valence electrons. The van der Waals surface area contributed by atoms with Crippen LogP contribution in [0.15, 0.2) is 24.3 Å². The maximum Gasteiger partial charge on any atom is 0.262 e.